The topological polar surface area (TPSA) is 74.8 Å². The van der Waals surface area contributed by atoms with Gasteiger partial charge in [0.05, 0.1) is 17.0 Å². The molecule has 1 aliphatic rings. The second kappa shape index (κ2) is 9.05. The smallest absolute Gasteiger partial charge is 0.252 e. The van der Waals surface area contributed by atoms with Crippen molar-refractivity contribution >= 4 is 39.1 Å². The van der Waals surface area contributed by atoms with Crippen molar-refractivity contribution in [3.05, 3.63) is 95.3 Å². The van der Waals surface area contributed by atoms with E-state index in [0.717, 1.165) is 21.3 Å². The van der Waals surface area contributed by atoms with Crippen molar-refractivity contribution in [2.24, 2.45) is 0 Å². The van der Waals surface area contributed by atoms with Crippen LogP contribution in [-0.4, -0.2) is 30.6 Å². The fourth-order valence-electron chi connectivity index (χ4n) is 3.93. The van der Waals surface area contributed by atoms with Gasteiger partial charge < -0.3 is 0 Å². The molecule has 0 saturated carbocycles. The summed E-state index contributed by atoms with van der Waals surface area (Å²) in [5.41, 5.74) is 0.848. The van der Waals surface area contributed by atoms with Crippen LogP contribution in [0.4, 0.5) is 10.1 Å². The Hall–Kier alpha value is -3.07. The third-order valence-corrected chi connectivity index (χ3v) is 7.81. The first kappa shape index (κ1) is 23.1. The lowest BCUT2D eigenvalue weighted by Crippen LogP contribution is -2.46. The molecule has 0 bridgehead atoms. The Morgan fingerprint density at radius 2 is 1.58 bits per heavy atom. The second-order valence-corrected chi connectivity index (χ2v) is 9.92. The van der Waals surface area contributed by atoms with Gasteiger partial charge in [-0.15, -0.1) is 0 Å². The van der Waals surface area contributed by atoms with Crippen LogP contribution >= 0.6 is 11.6 Å². The summed E-state index contributed by atoms with van der Waals surface area (Å²) in [5, 5.41) is 0.367. The Balaban J connectivity index is 1.79. The molecule has 1 aliphatic heterocycles. The summed E-state index contributed by atoms with van der Waals surface area (Å²) >= 11 is 5.93. The van der Waals surface area contributed by atoms with Gasteiger partial charge in [0.15, 0.2) is 0 Å². The van der Waals surface area contributed by atoms with Crippen molar-refractivity contribution in [2.45, 2.75) is 30.3 Å². The first-order valence-electron chi connectivity index (χ1n) is 10.2. The number of carbonyl (C=O) groups is 2. The molecular weight excluding hydrogens is 467 g/mol. The Labute approximate surface area is 196 Å². The number of anilines is 1. The lowest BCUT2D eigenvalue weighted by Gasteiger charge is -2.32. The highest BCUT2D eigenvalue weighted by atomic mass is 35.5. The summed E-state index contributed by atoms with van der Waals surface area (Å²) < 4.78 is 41.9. The van der Waals surface area contributed by atoms with Gasteiger partial charge in [-0.1, -0.05) is 41.9 Å². The van der Waals surface area contributed by atoms with Gasteiger partial charge in [0.25, 0.3) is 5.91 Å². The summed E-state index contributed by atoms with van der Waals surface area (Å²) in [6, 6.07) is 17.4. The Bertz CT molecular complexity index is 1280. The summed E-state index contributed by atoms with van der Waals surface area (Å²) in [6.45, 7) is 1.67. The standard InChI is InChI=1S/C24H20ClFN2O4S/c1-16(17-5-3-2-4-6-17)28(33(31,32)21-13-7-18(25)8-14-21)22-15-23(29)27(24(22)30)20-11-9-19(26)10-12-20/h2-14,16,22H,15H2,1H3. The van der Waals surface area contributed by atoms with E-state index < -0.39 is 39.7 Å². The van der Waals surface area contributed by atoms with Crippen LogP contribution in [0.1, 0.15) is 24.9 Å². The van der Waals surface area contributed by atoms with E-state index in [4.69, 9.17) is 11.6 Å². The number of amides is 2. The number of imide groups is 1. The van der Waals surface area contributed by atoms with E-state index in [-0.39, 0.29) is 17.0 Å². The SMILES string of the molecule is CC(c1ccccc1)N(C1CC(=O)N(c2ccc(F)cc2)C1=O)S(=O)(=O)c1ccc(Cl)cc1. The molecule has 2 unspecified atom stereocenters. The molecule has 0 aromatic heterocycles. The zero-order valence-electron chi connectivity index (χ0n) is 17.6. The molecule has 0 spiro atoms. The minimum atomic E-state index is -4.20. The predicted molar refractivity (Wildman–Crippen MR) is 123 cm³/mol. The molecule has 3 aromatic carbocycles. The molecule has 33 heavy (non-hydrogen) atoms. The number of sulfonamides is 1. The number of carbonyl (C=O) groups excluding carboxylic acids is 2. The molecule has 0 aliphatic carbocycles. The van der Waals surface area contributed by atoms with Crippen LogP contribution in [0.15, 0.2) is 83.8 Å². The van der Waals surface area contributed by atoms with E-state index in [2.05, 4.69) is 0 Å². The van der Waals surface area contributed by atoms with Crippen molar-refractivity contribution in [1.82, 2.24) is 4.31 Å². The summed E-state index contributed by atoms with van der Waals surface area (Å²) in [5.74, 6) is -1.76. The highest BCUT2D eigenvalue weighted by molar-refractivity contribution is 7.89. The van der Waals surface area contributed by atoms with Gasteiger partial charge in [0.2, 0.25) is 15.9 Å². The maximum Gasteiger partial charge on any atom is 0.252 e. The van der Waals surface area contributed by atoms with Crippen LogP contribution in [0.2, 0.25) is 5.02 Å². The van der Waals surface area contributed by atoms with E-state index in [1.807, 2.05) is 0 Å². The highest BCUT2D eigenvalue weighted by Crippen LogP contribution is 2.35. The van der Waals surface area contributed by atoms with Crippen molar-refractivity contribution in [3.63, 3.8) is 0 Å². The zero-order valence-corrected chi connectivity index (χ0v) is 19.1. The third kappa shape index (κ3) is 4.42. The van der Waals surface area contributed by atoms with E-state index in [1.165, 1.54) is 36.4 Å². The molecule has 1 fully saturated rings. The Morgan fingerprint density at radius 1 is 0.970 bits per heavy atom. The molecule has 9 heteroatoms. The molecule has 1 saturated heterocycles. The monoisotopic (exact) mass is 486 g/mol. The van der Waals surface area contributed by atoms with Crippen LogP contribution in [0.3, 0.4) is 0 Å². The molecule has 3 aromatic rings. The molecule has 6 nitrogen and oxygen atoms in total. The van der Waals surface area contributed by atoms with Gasteiger partial charge in [-0.2, -0.15) is 4.31 Å². The second-order valence-electron chi connectivity index (χ2n) is 7.64. The van der Waals surface area contributed by atoms with Crippen LogP contribution in [-0.2, 0) is 19.6 Å². The third-order valence-electron chi connectivity index (χ3n) is 5.57. The fraction of sp³-hybridized carbons (Fsp3) is 0.167. The molecule has 0 radical (unpaired) electrons. The maximum atomic E-state index is 13.7. The predicted octanol–water partition coefficient (Wildman–Crippen LogP) is 4.56. The van der Waals surface area contributed by atoms with Gasteiger partial charge in [-0.05, 0) is 61.0 Å². The van der Waals surface area contributed by atoms with E-state index in [0.29, 0.717) is 10.6 Å². The van der Waals surface area contributed by atoms with Gasteiger partial charge in [0.1, 0.15) is 11.9 Å². The van der Waals surface area contributed by atoms with Crippen molar-refractivity contribution in [1.29, 1.82) is 0 Å². The number of nitrogens with zero attached hydrogens (tertiary/aromatic N) is 2. The summed E-state index contributed by atoms with van der Waals surface area (Å²) in [7, 11) is -4.20. The lowest BCUT2D eigenvalue weighted by molar-refractivity contribution is -0.122. The molecule has 0 N–H and O–H groups in total. The molecule has 2 atom stereocenters. The van der Waals surface area contributed by atoms with Gasteiger partial charge in [-0.25, -0.2) is 17.7 Å². The van der Waals surface area contributed by atoms with Crippen molar-refractivity contribution in [3.8, 4) is 0 Å². The fourth-order valence-corrected chi connectivity index (χ4v) is 5.82. The van der Waals surface area contributed by atoms with Crippen LogP contribution in [0.25, 0.3) is 0 Å². The number of benzene rings is 3. The van der Waals surface area contributed by atoms with Crippen LogP contribution in [0.5, 0.6) is 0 Å². The average Bonchev–Trinajstić information content (AvgIpc) is 3.08. The van der Waals surface area contributed by atoms with Gasteiger partial charge in [-0.3, -0.25) is 9.59 Å². The van der Waals surface area contributed by atoms with Crippen molar-refractivity contribution < 1.29 is 22.4 Å². The summed E-state index contributed by atoms with van der Waals surface area (Å²) in [6.07, 6.45) is -0.333. The van der Waals surface area contributed by atoms with Crippen molar-refractivity contribution in [2.75, 3.05) is 4.90 Å². The number of rotatable bonds is 6. The number of hydrogen-bond acceptors (Lipinski definition) is 4. The Morgan fingerprint density at radius 3 is 2.18 bits per heavy atom. The van der Waals surface area contributed by atoms with E-state index >= 15 is 0 Å². The molecule has 1 heterocycles. The number of hydrogen-bond donors (Lipinski definition) is 0. The normalized spacial score (nSPS) is 17.6. The molecule has 170 valence electrons. The summed E-state index contributed by atoms with van der Waals surface area (Å²) in [4.78, 5) is 27.1. The zero-order chi connectivity index (χ0) is 23.8. The molecular formula is C24H20ClFN2O4S. The highest BCUT2D eigenvalue weighted by Gasteiger charge is 2.48. The quantitative estimate of drug-likeness (QED) is 0.478. The van der Waals surface area contributed by atoms with E-state index in [1.54, 1.807) is 37.3 Å². The van der Waals surface area contributed by atoms with Gasteiger partial charge in [0, 0.05) is 11.1 Å². The van der Waals surface area contributed by atoms with E-state index in [9.17, 15) is 22.4 Å². The molecule has 4 rings (SSSR count). The minimum Gasteiger partial charge on any atom is -0.274 e. The van der Waals surface area contributed by atoms with Crippen LogP contribution < -0.4 is 4.90 Å². The lowest BCUT2D eigenvalue weighted by atomic mass is 10.1. The Kier molecular flexibility index (Phi) is 6.34. The maximum absolute atomic E-state index is 13.7. The largest absolute Gasteiger partial charge is 0.274 e. The first-order chi connectivity index (χ1) is 15.7. The molecule has 2 amide bonds. The van der Waals surface area contributed by atoms with Crippen LogP contribution in [0, 0.1) is 5.82 Å². The number of halogens is 2. The average molecular weight is 487 g/mol. The first-order valence-corrected chi connectivity index (χ1v) is 12.0. The van der Waals surface area contributed by atoms with Gasteiger partial charge >= 0.3 is 0 Å². The minimum absolute atomic E-state index is 0.0461.